The Labute approximate surface area is 179 Å². The number of benzene rings is 1. The molecule has 2 amide bonds. The van der Waals surface area contributed by atoms with E-state index in [1.807, 2.05) is 20.8 Å². The molecule has 1 aromatic carbocycles. The lowest BCUT2D eigenvalue weighted by atomic mass is 9.82. The first-order valence-electron chi connectivity index (χ1n) is 10.3. The van der Waals surface area contributed by atoms with Crippen molar-refractivity contribution in [2.75, 3.05) is 26.3 Å². The van der Waals surface area contributed by atoms with Crippen LogP contribution in [0.3, 0.4) is 0 Å². The lowest BCUT2D eigenvalue weighted by molar-refractivity contribution is -0.131. The molecule has 9 heteroatoms. The molecule has 0 saturated carbocycles. The number of aryl methyl sites for hydroxylation is 1. The van der Waals surface area contributed by atoms with Gasteiger partial charge in [-0.25, -0.2) is 8.78 Å². The Morgan fingerprint density at radius 1 is 1.29 bits per heavy atom. The number of likely N-dealkylation sites (tertiary alicyclic amines) is 1. The Balaban J connectivity index is 1.64. The molecule has 31 heavy (non-hydrogen) atoms. The molecule has 0 radical (unpaired) electrons. The highest BCUT2D eigenvalue weighted by atomic mass is 19.2. The summed E-state index contributed by atoms with van der Waals surface area (Å²) in [5.41, 5.74) is 2.44. The van der Waals surface area contributed by atoms with Crippen LogP contribution in [0, 0.1) is 32.4 Å². The van der Waals surface area contributed by atoms with E-state index >= 15 is 0 Å². The molecule has 7 nitrogen and oxygen atoms in total. The third-order valence-electron chi connectivity index (χ3n) is 6.49. The van der Waals surface area contributed by atoms with Gasteiger partial charge in [0.05, 0.1) is 24.4 Å². The summed E-state index contributed by atoms with van der Waals surface area (Å²) in [5, 5.41) is 7.45. The van der Waals surface area contributed by atoms with Crippen molar-refractivity contribution in [1.82, 2.24) is 20.0 Å². The van der Waals surface area contributed by atoms with Crippen molar-refractivity contribution in [1.29, 1.82) is 0 Å². The fraction of sp³-hybridized carbons (Fsp3) is 0.500. The Hall–Kier alpha value is -2.81. The molecule has 2 aliphatic heterocycles. The van der Waals surface area contributed by atoms with Gasteiger partial charge in [0.15, 0.2) is 11.6 Å². The van der Waals surface area contributed by atoms with Crippen molar-refractivity contribution in [2.45, 2.75) is 45.2 Å². The first kappa shape index (κ1) is 21.4. The largest absolute Gasteiger partial charge is 0.378 e. The van der Waals surface area contributed by atoms with Crippen LogP contribution in [0.1, 0.15) is 34.9 Å². The number of carbonyl (C=O) groups is 2. The number of hydrogen-bond donors (Lipinski definition) is 1. The van der Waals surface area contributed by atoms with Crippen LogP contribution in [0.5, 0.6) is 0 Å². The van der Waals surface area contributed by atoms with Crippen molar-refractivity contribution in [3.8, 4) is 0 Å². The minimum atomic E-state index is -0.962. The van der Waals surface area contributed by atoms with Gasteiger partial charge in [-0.3, -0.25) is 14.3 Å². The number of ether oxygens (including phenoxy) is 1. The fourth-order valence-corrected chi connectivity index (χ4v) is 4.49. The van der Waals surface area contributed by atoms with Crippen LogP contribution in [-0.4, -0.2) is 58.3 Å². The number of nitrogens with zero attached hydrogens (tertiary/aromatic N) is 3. The van der Waals surface area contributed by atoms with Crippen molar-refractivity contribution >= 4 is 11.8 Å². The van der Waals surface area contributed by atoms with Crippen molar-refractivity contribution in [3.63, 3.8) is 0 Å². The molecule has 2 saturated heterocycles. The number of aromatic nitrogens is 2. The summed E-state index contributed by atoms with van der Waals surface area (Å²) in [6.07, 6.45) is 0.214. The first-order chi connectivity index (χ1) is 14.7. The highest BCUT2D eigenvalue weighted by Gasteiger charge is 2.50. The van der Waals surface area contributed by atoms with Crippen LogP contribution in [0.25, 0.3) is 0 Å². The van der Waals surface area contributed by atoms with E-state index in [4.69, 9.17) is 4.74 Å². The molecule has 3 heterocycles. The predicted molar refractivity (Wildman–Crippen MR) is 108 cm³/mol. The molecular weight excluding hydrogens is 406 g/mol. The van der Waals surface area contributed by atoms with Gasteiger partial charge in [-0.05, 0) is 44.0 Å². The lowest BCUT2D eigenvalue weighted by Gasteiger charge is -2.34. The standard InChI is InChI=1S/C22H26F2N4O3/c1-13-14(2)26-28(15(13)3)10-21(30)27-9-17(16-4-5-18(23)19(24)8-16)22(11-27)12-31-7-6-20(29)25-22/h4-5,8,17H,6-7,9-12H2,1-3H3,(H,25,29)/t17-,22-/m0/s1. The van der Waals surface area contributed by atoms with E-state index < -0.39 is 23.1 Å². The lowest BCUT2D eigenvalue weighted by Crippen LogP contribution is -2.55. The second kappa shape index (κ2) is 8.03. The summed E-state index contributed by atoms with van der Waals surface area (Å²) >= 11 is 0. The molecule has 1 N–H and O–H groups in total. The summed E-state index contributed by atoms with van der Waals surface area (Å²) in [6.45, 7) is 6.77. The second-order valence-corrected chi connectivity index (χ2v) is 8.46. The van der Waals surface area contributed by atoms with E-state index in [1.54, 1.807) is 9.58 Å². The number of carbonyl (C=O) groups excluding carboxylic acids is 2. The molecule has 0 unspecified atom stereocenters. The molecule has 166 valence electrons. The zero-order chi connectivity index (χ0) is 22.3. The maximum atomic E-state index is 14.0. The topological polar surface area (TPSA) is 76.5 Å². The summed E-state index contributed by atoms with van der Waals surface area (Å²) in [7, 11) is 0. The zero-order valence-electron chi connectivity index (χ0n) is 17.9. The Bertz CT molecular complexity index is 1040. The van der Waals surface area contributed by atoms with Crippen LogP contribution in [0.15, 0.2) is 18.2 Å². The van der Waals surface area contributed by atoms with E-state index in [-0.39, 0.29) is 51.1 Å². The van der Waals surface area contributed by atoms with Gasteiger partial charge in [0.25, 0.3) is 0 Å². The highest BCUT2D eigenvalue weighted by Crippen LogP contribution is 2.38. The van der Waals surface area contributed by atoms with Crippen LogP contribution < -0.4 is 5.32 Å². The van der Waals surface area contributed by atoms with Gasteiger partial charge in [-0.15, -0.1) is 0 Å². The molecule has 1 spiro atoms. The Kier molecular flexibility index (Phi) is 5.55. The van der Waals surface area contributed by atoms with Gasteiger partial charge in [0, 0.05) is 31.1 Å². The predicted octanol–water partition coefficient (Wildman–Crippen LogP) is 1.99. The van der Waals surface area contributed by atoms with E-state index in [0.717, 1.165) is 29.1 Å². The molecule has 2 fully saturated rings. The average molecular weight is 432 g/mol. The highest BCUT2D eigenvalue weighted by molar-refractivity contribution is 5.79. The number of rotatable bonds is 3. The van der Waals surface area contributed by atoms with E-state index in [9.17, 15) is 18.4 Å². The number of nitrogens with one attached hydrogen (secondary N) is 1. The minimum Gasteiger partial charge on any atom is -0.378 e. The van der Waals surface area contributed by atoms with Crippen LogP contribution in [0.4, 0.5) is 8.78 Å². The van der Waals surface area contributed by atoms with Crippen LogP contribution in [0.2, 0.25) is 0 Å². The van der Waals surface area contributed by atoms with Gasteiger partial charge in [0.1, 0.15) is 6.54 Å². The molecule has 1 aromatic heterocycles. The molecule has 2 aromatic rings. The Morgan fingerprint density at radius 2 is 2.06 bits per heavy atom. The van der Waals surface area contributed by atoms with Gasteiger partial charge >= 0.3 is 0 Å². The summed E-state index contributed by atoms with van der Waals surface area (Å²) in [5.74, 6) is -2.68. The summed E-state index contributed by atoms with van der Waals surface area (Å²) in [6, 6.07) is 3.71. The molecule has 0 bridgehead atoms. The molecule has 0 aliphatic carbocycles. The van der Waals surface area contributed by atoms with Gasteiger partial charge < -0.3 is 15.0 Å². The molecule has 2 aliphatic rings. The van der Waals surface area contributed by atoms with Crippen molar-refractivity contribution < 1.29 is 23.1 Å². The van der Waals surface area contributed by atoms with E-state index in [1.165, 1.54) is 6.07 Å². The third-order valence-corrected chi connectivity index (χ3v) is 6.49. The second-order valence-electron chi connectivity index (χ2n) is 8.46. The quantitative estimate of drug-likeness (QED) is 0.805. The van der Waals surface area contributed by atoms with E-state index in [0.29, 0.717) is 5.56 Å². The molecule has 2 atom stereocenters. The third kappa shape index (κ3) is 3.94. The van der Waals surface area contributed by atoms with E-state index in [2.05, 4.69) is 10.4 Å². The molecule has 4 rings (SSSR count). The van der Waals surface area contributed by atoms with Gasteiger partial charge in [-0.1, -0.05) is 6.07 Å². The minimum absolute atomic E-state index is 0.0654. The monoisotopic (exact) mass is 432 g/mol. The maximum absolute atomic E-state index is 14.0. The van der Waals surface area contributed by atoms with Gasteiger partial charge in [0.2, 0.25) is 11.8 Å². The normalized spacial score (nSPS) is 23.8. The zero-order valence-corrected chi connectivity index (χ0v) is 17.9. The Morgan fingerprint density at radius 3 is 2.74 bits per heavy atom. The van der Waals surface area contributed by atoms with Crippen LogP contribution >= 0.6 is 0 Å². The number of amides is 2. The van der Waals surface area contributed by atoms with Gasteiger partial charge in [-0.2, -0.15) is 5.10 Å². The summed E-state index contributed by atoms with van der Waals surface area (Å²) in [4.78, 5) is 27.2. The first-order valence-corrected chi connectivity index (χ1v) is 10.3. The summed E-state index contributed by atoms with van der Waals surface area (Å²) < 4.78 is 34.9. The van der Waals surface area contributed by atoms with Crippen LogP contribution in [-0.2, 0) is 20.9 Å². The van der Waals surface area contributed by atoms with Crippen molar-refractivity contribution in [3.05, 3.63) is 52.3 Å². The average Bonchev–Trinajstić information content (AvgIpc) is 3.12. The number of halogens is 2. The molecular formula is C22H26F2N4O3. The van der Waals surface area contributed by atoms with Crippen molar-refractivity contribution in [2.24, 2.45) is 0 Å². The SMILES string of the molecule is Cc1nn(CC(=O)N2C[C@@H](c3ccc(F)c(F)c3)[C@@]3(COCCC(=O)N3)C2)c(C)c1C. The number of hydrogen-bond acceptors (Lipinski definition) is 4. The maximum Gasteiger partial charge on any atom is 0.244 e. The fourth-order valence-electron chi connectivity index (χ4n) is 4.49. The smallest absolute Gasteiger partial charge is 0.244 e.